The zero-order chi connectivity index (χ0) is 16.2. The van der Waals surface area contributed by atoms with Crippen LogP contribution in [0.2, 0.25) is 0 Å². The highest BCUT2D eigenvalue weighted by Gasteiger charge is 2.12. The van der Waals surface area contributed by atoms with Gasteiger partial charge in [0.2, 0.25) is 0 Å². The third kappa shape index (κ3) is 3.55. The molecule has 0 aliphatic heterocycles. The fourth-order valence-electron chi connectivity index (χ4n) is 2.02. The van der Waals surface area contributed by atoms with Crippen molar-refractivity contribution in [3.63, 3.8) is 0 Å². The zero-order valence-electron chi connectivity index (χ0n) is 12.8. The van der Waals surface area contributed by atoms with E-state index in [0.717, 1.165) is 11.3 Å². The van der Waals surface area contributed by atoms with Gasteiger partial charge in [-0.15, -0.1) is 0 Å². The van der Waals surface area contributed by atoms with E-state index in [1.165, 1.54) is 5.56 Å². The third-order valence-electron chi connectivity index (χ3n) is 3.27. The average Bonchev–Trinajstić information content (AvgIpc) is 3.18. The number of aromatic nitrogens is 2. The minimum Gasteiger partial charge on any atom is -0.460 e. The van der Waals surface area contributed by atoms with Crippen molar-refractivity contribution in [1.82, 2.24) is 15.6 Å². The van der Waals surface area contributed by atoms with Gasteiger partial charge in [0, 0.05) is 6.07 Å². The maximum absolute atomic E-state index is 12.0. The molecule has 0 fully saturated rings. The maximum Gasteiger partial charge on any atom is 0.291 e. The van der Waals surface area contributed by atoms with Crippen LogP contribution in [-0.2, 0) is 0 Å². The molecule has 3 rings (SSSR count). The van der Waals surface area contributed by atoms with Crippen LogP contribution >= 0.6 is 0 Å². The van der Waals surface area contributed by atoms with Gasteiger partial charge in [-0.3, -0.25) is 9.89 Å². The summed E-state index contributed by atoms with van der Waals surface area (Å²) >= 11 is 0. The van der Waals surface area contributed by atoms with Gasteiger partial charge in [-0.2, -0.15) is 10.2 Å². The number of aryl methyl sites for hydroxylation is 2. The summed E-state index contributed by atoms with van der Waals surface area (Å²) in [6, 6.07) is 13.1. The largest absolute Gasteiger partial charge is 0.460 e. The second kappa shape index (κ2) is 6.31. The lowest BCUT2D eigenvalue weighted by Gasteiger charge is -1.96. The summed E-state index contributed by atoms with van der Waals surface area (Å²) in [5.74, 6) is 1.04. The molecule has 0 aliphatic rings. The van der Waals surface area contributed by atoms with E-state index in [1.54, 1.807) is 12.3 Å². The Morgan fingerprint density at radius 3 is 2.70 bits per heavy atom. The molecule has 6 heteroatoms. The lowest BCUT2D eigenvalue weighted by Crippen LogP contribution is -2.17. The quantitative estimate of drug-likeness (QED) is 0.574. The Labute approximate surface area is 133 Å². The number of H-pyrrole nitrogens is 1. The van der Waals surface area contributed by atoms with Crippen LogP contribution in [0, 0.1) is 13.8 Å². The van der Waals surface area contributed by atoms with Crippen molar-refractivity contribution < 1.29 is 9.21 Å². The van der Waals surface area contributed by atoms with E-state index in [1.807, 2.05) is 50.2 Å². The first-order valence-corrected chi connectivity index (χ1v) is 7.14. The fourth-order valence-corrected chi connectivity index (χ4v) is 2.02. The lowest BCUT2D eigenvalue weighted by molar-refractivity contribution is 0.0950. The van der Waals surface area contributed by atoms with Crippen molar-refractivity contribution >= 4 is 12.1 Å². The number of benzene rings is 1. The van der Waals surface area contributed by atoms with Crippen LogP contribution in [0.5, 0.6) is 0 Å². The molecule has 6 nitrogen and oxygen atoms in total. The zero-order valence-corrected chi connectivity index (χ0v) is 12.8. The smallest absolute Gasteiger partial charge is 0.291 e. The molecule has 23 heavy (non-hydrogen) atoms. The predicted octanol–water partition coefficient (Wildman–Crippen LogP) is 3.05. The van der Waals surface area contributed by atoms with E-state index >= 15 is 0 Å². The summed E-state index contributed by atoms with van der Waals surface area (Å²) in [6.45, 7) is 3.87. The van der Waals surface area contributed by atoms with Crippen LogP contribution in [0.1, 0.15) is 27.4 Å². The standard InChI is InChI=1S/C17H16N4O2/c1-11-3-6-13(7-4-11)10-18-21-17(22)15-9-14(19-20-15)16-8-5-12(2)23-16/h3-10H,1-2H3,(H,19,20)(H,21,22)/b18-10-. The Morgan fingerprint density at radius 2 is 2.00 bits per heavy atom. The molecule has 0 aliphatic carbocycles. The summed E-state index contributed by atoms with van der Waals surface area (Å²) in [6.07, 6.45) is 1.58. The number of nitrogens with zero attached hydrogens (tertiary/aromatic N) is 2. The van der Waals surface area contributed by atoms with Gasteiger partial charge in [-0.25, -0.2) is 5.43 Å². The Bertz CT molecular complexity index is 844. The van der Waals surface area contributed by atoms with Crippen molar-refractivity contribution in [2.75, 3.05) is 0 Å². The van der Waals surface area contributed by atoms with Gasteiger partial charge in [0.25, 0.3) is 5.91 Å². The lowest BCUT2D eigenvalue weighted by atomic mass is 10.2. The molecule has 1 aromatic carbocycles. The number of nitrogens with one attached hydrogen (secondary N) is 2. The van der Waals surface area contributed by atoms with Crippen LogP contribution in [0.15, 0.2) is 52.0 Å². The molecule has 0 saturated carbocycles. The number of carbonyl (C=O) groups is 1. The van der Waals surface area contributed by atoms with Crippen molar-refractivity contribution in [1.29, 1.82) is 0 Å². The average molecular weight is 308 g/mol. The van der Waals surface area contributed by atoms with Crippen molar-refractivity contribution in [2.24, 2.45) is 5.10 Å². The van der Waals surface area contributed by atoms with Crippen LogP contribution in [-0.4, -0.2) is 22.3 Å². The first-order chi connectivity index (χ1) is 11.1. The van der Waals surface area contributed by atoms with Crippen LogP contribution in [0.25, 0.3) is 11.5 Å². The van der Waals surface area contributed by atoms with E-state index in [0.29, 0.717) is 11.5 Å². The van der Waals surface area contributed by atoms with Crippen molar-refractivity contribution in [2.45, 2.75) is 13.8 Å². The predicted molar refractivity (Wildman–Crippen MR) is 87.3 cm³/mol. The van der Waals surface area contributed by atoms with Crippen LogP contribution < -0.4 is 5.43 Å². The second-order valence-electron chi connectivity index (χ2n) is 5.19. The molecule has 1 amide bonds. The molecule has 0 saturated heterocycles. The van der Waals surface area contributed by atoms with Gasteiger partial charge in [-0.05, 0) is 31.5 Å². The van der Waals surface area contributed by atoms with Crippen LogP contribution in [0.3, 0.4) is 0 Å². The number of aromatic amines is 1. The summed E-state index contributed by atoms with van der Waals surface area (Å²) in [5, 5.41) is 10.7. The molecule has 0 bridgehead atoms. The van der Waals surface area contributed by atoms with Gasteiger partial charge in [0.15, 0.2) is 11.5 Å². The molecule has 2 N–H and O–H groups in total. The van der Waals surface area contributed by atoms with Gasteiger partial charge < -0.3 is 4.42 Å². The molecule has 2 aromatic heterocycles. The molecule has 2 heterocycles. The van der Waals surface area contributed by atoms with Crippen LogP contribution in [0.4, 0.5) is 0 Å². The highest BCUT2D eigenvalue weighted by atomic mass is 16.3. The van der Waals surface area contributed by atoms with E-state index in [4.69, 9.17) is 4.42 Å². The van der Waals surface area contributed by atoms with Gasteiger partial charge in [0.1, 0.15) is 11.5 Å². The summed E-state index contributed by atoms with van der Waals surface area (Å²) in [7, 11) is 0. The topological polar surface area (TPSA) is 83.3 Å². The second-order valence-corrected chi connectivity index (χ2v) is 5.19. The van der Waals surface area contributed by atoms with Gasteiger partial charge in [-0.1, -0.05) is 29.8 Å². The molecule has 0 atom stereocenters. The van der Waals surface area contributed by atoms with Gasteiger partial charge >= 0.3 is 0 Å². The Balaban J connectivity index is 1.64. The number of carbonyl (C=O) groups excluding carboxylic acids is 1. The fraction of sp³-hybridized carbons (Fsp3) is 0.118. The maximum atomic E-state index is 12.0. The number of hydrazone groups is 1. The van der Waals surface area contributed by atoms with Gasteiger partial charge in [0.05, 0.1) is 6.21 Å². The molecular formula is C17H16N4O2. The monoisotopic (exact) mass is 308 g/mol. The minimum absolute atomic E-state index is 0.245. The Hall–Kier alpha value is -3.15. The highest BCUT2D eigenvalue weighted by Crippen LogP contribution is 2.20. The highest BCUT2D eigenvalue weighted by molar-refractivity contribution is 5.93. The van der Waals surface area contributed by atoms with E-state index < -0.39 is 0 Å². The normalized spacial score (nSPS) is 11.0. The first-order valence-electron chi connectivity index (χ1n) is 7.14. The minimum atomic E-state index is -0.390. The number of hydrogen-bond acceptors (Lipinski definition) is 4. The third-order valence-corrected chi connectivity index (χ3v) is 3.27. The molecule has 3 aromatic rings. The SMILES string of the molecule is Cc1ccc(/C=N\NC(=O)c2cc(-c3ccc(C)o3)[nH]n2)cc1. The summed E-state index contributed by atoms with van der Waals surface area (Å²) < 4.78 is 5.48. The molecule has 0 spiro atoms. The summed E-state index contributed by atoms with van der Waals surface area (Å²) in [4.78, 5) is 12.0. The van der Waals surface area contributed by atoms with Crippen molar-refractivity contribution in [3.05, 3.63) is 65.0 Å². The number of furan rings is 1. The Morgan fingerprint density at radius 1 is 1.22 bits per heavy atom. The molecule has 0 unspecified atom stereocenters. The molecule has 116 valence electrons. The number of amides is 1. The first kappa shape index (κ1) is 14.8. The van der Waals surface area contributed by atoms with E-state index in [9.17, 15) is 4.79 Å². The van der Waals surface area contributed by atoms with Crippen molar-refractivity contribution in [3.8, 4) is 11.5 Å². The number of hydrogen-bond donors (Lipinski definition) is 2. The molecular weight excluding hydrogens is 292 g/mol. The molecule has 0 radical (unpaired) electrons. The Kier molecular flexibility index (Phi) is 4.05. The summed E-state index contributed by atoms with van der Waals surface area (Å²) in [5.41, 5.74) is 5.42. The van der Waals surface area contributed by atoms with E-state index in [-0.39, 0.29) is 11.6 Å². The van der Waals surface area contributed by atoms with E-state index in [2.05, 4.69) is 20.7 Å². The number of rotatable bonds is 4.